The van der Waals surface area contributed by atoms with Gasteiger partial charge in [-0.15, -0.1) is 0 Å². The Balaban J connectivity index is 1.64. The van der Waals surface area contributed by atoms with Crippen LogP contribution >= 0.6 is 0 Å². The predicted molar refractivity (Wildman–Crippen MR) is 102 cm³/mol. The minimum atomic E-state index is 0.0649. The van der Waals surface area contributed by atoms with Crippen LogP contribution in [0.2, 0.25) is 0 Å². The molecule has 132 valence electrons. The van der Waals surface area contributed by atoms with Gasteiger partial charge in [-0.25, -0.2) is 0 Å². The molecule has 0 bridgehead atoms. The number of fused-ring (bicyclic) bond motifs is 1. The maximum Gasteiger partial charge on any atom is 0.166 e. The molecule has 0 amide bonds. The first kappa shape index (κ1) is 17.7. The van der Waals surface area contributed by atoms with Gasteiger partial charge in [-0.2, -0.15) is 0 Å². The van der Waals surface area contributed by atoms with E-state index in [2.05, 4.69) is 39.0 Å². The van der Waals surface area contributed by atoms with Crippen LogP contribution < -0.4 is 0 Å². The molecule has 1 atom stereocenters. The maximum atomic E-state index is 12.6. The summed E-state index contributed by atoms with van der Waals surface area (Å²) < 4.78 is 0. The fourth-order valence-electron chi connectivity index (χ4n) is 3.81. The lowest BCUT2D eigenvalue weighted by Gasteiger charge is -2.25. The van der Waals surface area contributed by atoms with Gasteiger partial charge in [0.1, 0.15) is 5.75 Å². The van der Waals surface area contributed by atoms with Crippen LogP contribution in [0.25, 0.3) is 0 Å². The van der Waals surface area contributed by atoms with Crippen molar-refractivity contribution >= 4 is 5.78 Å². The Morgan fingerprint density at radius 3 is 2.72 bits per heavy atom. The van der Waals surface area contributed by atoms with Gasteiger partial charge in [0.15, 0.2) is 5.78 Å². The van der Waals surface area contributed by atoms with E-state index in [9.17, 15) is 9.90 Å². The summed E-state index contributed by atoms with van der Waals surface area (Å²) in [6, 6.07) is 12.1. The second-order valence-corrected chi connectivity index (χ2v) is 7.77. The van der Waals surface area contributed by atoms with E-state index in [1.165, 1.54) is 16.7 Å². The number of aromatic hydroxyl groups is 1. The third kappa shape index (κ3) is 4.12. The molecule has 1 N–H and O–H groups in total. The lowest BCUT2D eigenvalue weighted by Crippen LogP contribution is -2.16. The fraction of sp³-hybridized carbons (Fsp3) is 0.435. The van der Waals surface area contributed by atoms with Gasteiger partial charge in [0.25, 0.3) is 0 Å². The molecule has 2 aromatic carbocycles. The van der Waals surface area contributed by atoms with Crippen molar-refractivity contribution in [3.8, 4) is 5.75 Å². The van der Waals surface area contributed by atoms with Gasteiger partial charge in [0.2, 0.25) is 0 Å². The predicted octanol–water partition coefficient (Wildman–Crippen LogP) is 5.59. The molecule has 1 aliphatic carbocycles. The topological polar surface area (TPSA) is 37.3 Å². The van der Waals surface area contributed by atoms with Crippen LogP contribution in [0.15, 0.2) is 36.4 Å². The van der Waals surface area contributed by atoms with Crippen LogP contribution in [-0.2, 0) is 12.8 Å². The Labute approximate surface area is 150 Å². The average molecular weight is 336 g/mol. The van der Waals surface area contributed by atoms with Crippen LogP contribution in [0, 0.1) is 12.8 Å². The molecular weight excluding hydrogens is 308 g/mol. The Hall–Kier alpha value is -2.09. The Morgan fingerprint density at radius 1 is 1.16 bits per heavy atom. The summed E-state index contributed by atoms with van der Waals surface area (Å²) in [5.74, 6) is 1.09. The highest BCUT2D eigenvalue weighted by atomic mass is 16.3. The molecule has 0 aliphatic heterocycles. The third-order valence-corrected chi connectivity index (χ3v) is 5.46. The maximum absolute atomic E-state index is 12.6. The number of hydrogen-bond acceptors (Lipinski definition) is 2. The minimum absolute atomic E-state index is 0.0649. The Morgan fingerprint density at radius 2 is 1.96 bits per heavy atom. The quantitative estimate of drug-likeness (QED) is 0.722. The summed E-state index contributed by atoms with van der Waals surface area (Å²) in [6.45, 7) is 6.34. The number of carbonyl (C=O) groups excluding carboxylic acids is 1. The molecule has 0 saturated heterocycles. The monoisotopic (exact) mass is 336 g/mol. The van der Waals surface area contributed by atoms with Crippen LogP contribution in [0.5, 0.6) is 5.75 Å². The number of rotatable bonds is 5. The van der Waals surface area contributed by atoms with Crippen molar-refractivity contribution in [3.05, 3.63) is 64.2 Å². The molecule has 0 heterocycles. The standard InChI is InChI=1S/C23H28O2/c1-15(2)19-9-11-23(25)21(14-19)22(24)10-6-17-5-8-18-7-4-16(3)12-20(18)13-17/h4,7,9,11-12,14-15,17,25H,5-6,8,10,13H2,1-3H3. The summed E-state index contributed by atoms with van der Waals surface area (Å²) in [5.41, 5.74) is 5.82. The van der Waals surface area contributed by atoms with Crippen molar-refractivity contribution in [1.82, 2.24) is 0 Å². The molecule has 1 aliphatic rings. The zero-order chi connectivity index (χ0) is 18.0. The summed E-state index contributed by atoms with van der Waals surface area (Å²) in [5, 5.41) is 10.1. The molecule has 0 spiro atoms. The van der Waals surface area contributed by atoms with E-state index >= 15 is 0 Å². The molecule has 2 nitrogen and oxygen atoms in total. The Kier molecular flexibility index (Phi) is 5.27. The first-order valence-electron chi connectivity index (χ1n) is 9.38. The number of phenols is 1. The number of Topliss-reactive ketones (excluding diaryl/α,β-unsaturated/α-hetero) is 1. The van der Waals surface area contributed by atoms with E-state index in [-0.39, 0.29) is 11.5 Å². The highest BCUT2D eigenvalue weighted by Crippen LogP contribution is 2.30. The highest BCUT2D eigenvalue weighted by Gasteiger charge is 2.21. The summed E-state index contributed by atoms with van der Waals surface area (Å²) in [6.07, 6.45) is 4.75. The molecule has 25 heavy (non-hydrogen) atoms. The van der Waals surface area contributed by atoms with Gasteiger partial charge < -0.3 is 5.11 Å². The molecule has 0 aromatic heterocycles. The molecule has 1 unspecified atom stereocenters. The van der Waals surface area contributed by atoms with E-state index in [4.69, 9.17) is 0 Å². The van der Waals surface area contributed by atoms with E-state index in [0.29, 0.717) is 23.8 Å². The highest BCUT2D eigenvalue weighted by molar-refractivity contribution is 5.98. The summed E-state index contributed by atoms with van der Waals surface area (Å²) >= 11 is 0. The Bertz CT molecular complexity index is 774. The number of hydrogen-bond donors (Lipinski definition) is 1. The first-order valence-corrected chi connectivity index (χ1v) is 9.38. The van der Waals surface area contributed by atoms with E-state index in [0.717, 1.165) is 31.2 Å². The van der Waals surface area contributed by atoms with Crippen molar-refractivity contribution in [1.29, 1.82) is 0 Å². The van der Waals surface area contributed by atoms with E-state index in [1.54, 1.807) is 6.07 Å². The van der Waals surface area contributed by atoms with Gasteiger partial charge in [-0.05, 0) is 73.3 Å². The van der Waals surface area contributed by atoms with Crippen LogP contribution in [0.4, 0.5) is 0 Å². The number of phenolic OH excluding ortho intramolecular Hbond substituents is 1. The van der Waals surface area contributed by atoms with Crippen molar-refractivity contribution < 1.29 is 9.90 Å². The van der Waals surface area contributed by atoms with Gasteiger partial charge in [0.05, 0.1) is 5.56 Å². The van der Waals surface area contributed by atoms with E-state index in [1.807, 2.05) is 12.1 Å². The number of ketones is 1. The van der Waals surface area contributed by atoms with Gasteiger partial charge in [0, 0.05) is 6.42 Å². The second kappa shape index (κ2) is 7.43. The van der Waals surface area contributed by atoms with Crippen molar-refractivity contribution in [2.75, 3.05) is 0 Å². The minimum Gasteiger partial charge on any atom is -0.507 e. The van der Waals surface area contributed by atoms with Crippen LogP contribution in [-0.4, -0.2) is 10.9 Å². The number of carbonyl (C=O) groups is 1. The van der Waals surface area contributed by atoms with E-state index < -0.39 is 0 Å². The summed E-state index contributed by atoms with van der Waals surface area (Å²) in [4.78, 5) is 12.6. The van der Waals surface area contributed by atoms with Crippen LogP contribution in [0.3, 0.4) is 0 Å². The zero-order valence-electron chi connectivity index (χ0n) is 15.5. The van der Waals surface area contributed by atoms with Gasteiger partial charge in [-0.1, -0.05) is 43.7 Å². The molecule has 2 aromatic rings. The largest absolute Gasteiger partial charge is 0.507 e. The smallest absolute Gasteiger partial charge is 0.166 e. The number of benzene rings is 2. The van der Waals surface area contributed by atoms with Crippen LogP contribution in [0.1, 0.15) is 71.6 Å². The fourth-order valence-corrected chi connectivity index (χ4v) is 3.81. The zero-order valence-corrected chi connectivity index (χ0v) is 15.5. The second-order valence-electron chi connectivity index (χ2n) is 7.77. The molecule has 2 heteroatoms. The molecule has 3 rings (SSSR count). The molecule has 0 fully saturated rings. The lowest BCUT2D eigenvalue weighted by atomic mass is 9.80. The molecule has 0 radical (unpaired) electrons. The normalized spacial score (nSPS) is 16.7. The average Bonchev–Trinajstić information content (AvgIpc) is 2.59. The van der Waals surface area contributed by atoms with Crippen molar-refractivity contribution in [2.24, 2.45) is 5.92 Å². The summed E-state index contributed by atoms with van der Waals surface area (Å²) in [7, 11) is 0. The van der Waals surface area contributed by atoms with Gasteiger partial charge >= 0.3 is 0 Å². The van der Waals surface area contributed by atoms with Gasteiger partial charge in [-0.3, -0.25) is 4.79 Å². The molecular formula is C23H28O2. The first-order chi connectivity index (χ1) is 11.9. The molecule has 0 saturated carbocycles. The SMILES string of the molecule is Cc1ccc2c(c1)CC(CCC(=O)c1cc(C(C)C)ccc1O)CC2. The van der Waals surface area contributed by atoms with Crippen molar-refractivity contribution in [3.63, 3.8) is 0 Å². The van der Waals surface area contributed by atoms with Crippen molar-refractivity contribution in [2.45, 2.75) is 58.8 Å². The third-order valence-electron chi connectivity index (χ3n) is 5.46. The number of aryl methyl sites for hydroxylation is 2. The lowest BCUT2D eigenvalue weighted by molar-refractivity contribution is 0.0969.